The Bertz CT molecular complexity index is 353. The van der Waals surface area contributed by atoms with Crippen molar-refractivity contribution in [1.29, 1.82) is 0 Å². The average molecular weight is 224 g/mol. The number of methoxy groups -OCH3 is 2. The lowest BCUT2D eigenvalue weighted by molar-refractivity contribution is 0.353. The fourth-order valence-electron chi connectivity index (χ4n) is 1.72. The molecule has 1 atom stereocenters. The molecular formula is C12H20N2O2. The molecule has 0 fully saturated rings. The lowest BCUT2D eigenvalue weighted by Crippen LogP contribution is -2.22. The van der Waals surface area contributed by atoms with Crippen molar-refractivity contribution in [3.8, 4) is 11.5 Å². The average Bonchev–Trinajstić information content (AvgIpc) is 2.35. The van der Waals surface area contributed by atoms with Crippen LogP contribution in [0.15, 0.2) is 12.1 Å². The van der Waals surface area contributed by atoms with E-state index in [1.54, 1.807) is 14.2 Å². The number of aryl methyl sites for hydroxylation is 1. The Kier molecular flexibility index (Phi) is 4.58. The van der Waals surface area contributed by atoms with Gasteiger partial charge in [-0.15, -0.1) is 0 Å². The molecule has 1 aromatic carbocycles. The van der Waals surface area contributed by atoms with E-state index in [9.17, 15) is 0 Å². The summed E-state index contributed by atoms with van der Waals surface area (Å²) in [5.74, 6) is 1.42. The molecule has 0 spiro atoms. The van der Waals surface area contributed by atoms with E-state index < -0.39 is 0 Å². The van der Waals surface area contributed by atoms with Crippen LogP contribution in [0.1, 0.15) is 24.1 Å². The summed E-state index contributed by atoms with van der Waals surface area (Å²) in [6, 6.07) is 3.72. The first-order valence-electron chi connectivity index (χ1n) is 5.38. The maximum absolute atomic E-state index is 5.96. The molecule has 0 saturated heterocycles. The SMILES string of the molecule is CCc1cc(OC)c(OC)cc1C(N)CN. The van der Waals surface area contributed by atoms with Crippen LogP contribution in [0.5, 0.6) is 11.5 Å². The van der Waals surface area contributed by atoms with Gasteiger partial charge < -0.3 is 20.9 Å². The van der Waals surface area contributed by atoms with Crippen molar-refractivity contribution < 1.29 is 9.47 Å². The van der Waals surface area contributed by atoms with E-state index in [-0.39, 0.29) is 6.04 Å². The maximum Gasteiger partial charge on any atom is 0.161 e. The van der Waals surface area contributed by atoms with E-state index in [4.69, 9.17) is 20.9 Å². The molecular weight excluding hydrogens is 204 g/mol. The third-order valence-corrected chi connectivity index (χ3v) is 2.68. The van der Waals surface area contributed by atoms with Crippen LogP contribution in [0, 0.1) is 0 Å². The molecule has 1 rings (SSSR count). The highest BCUT2D eigenvalue weighted by molar-refractivity contribution is 5.48. The molecule has 1 unspecified atom stereocenters. The fraction of sp³-hybridized carbons (Fsp3) is 0.500. The Morgan fingerprint density at radius 2 is 1.75 bits per heavy atom. The van der Waals surface area contributed by atoms with Crippen molar-refractivity contribution in [2.24, 2.45) is 11.5 Å². The first-order chi connectivity index (χ1) is 7.67. The zero-order valence-electron chi connectivity index (χ0n) is 10.1. The van der Waals surface area contributed by atoms with Crippen LogP contribution >= 0.6 is 0 Å². The molecule has 4 N–H and O–H groups in total. The van der Waals surface area contributed by atoms with Crippen LogP contribution in [0.25, 0.3) is 0 Å². The van der Waals surface area contributed by atoms with E-state index in [1.807, 2.05) is 12.1 Å². The van der Waals surface area contributed by atoms with Crippen LogP contribution in [-0.2, 0) is 6.42 Å². The number of nitrogens with two attached hydrogens (primary N) is 2. The van der Waals surface area contributed by atoms with Crippen molar-refractivity contribution in [1.82, 2.24) is 0 Å². The predicted octanol–water partition coefficient (Wildman–Crippen LogP) is 1.22. The maximum atomic E-state index is 5.96. The summed E-state index contributed by atoms with van der Waals surface area (Å²) in [4.78, 5) is 0. The van der Waals surface area contributed by atoms with Gasteiger partial charge in [0.1, 0.15) is 0 Å². The van der Waals surface area contributed by atoms with Crippen molar-refractivity contribution in [3.05, 3.63) is 23.3 Å². The first-order valence-corrected chi connectivity index (χ1v) is 5.38. The largest absolute Gasteiger partial charge is 0.493 e. The van der Waals surface area contributed by atoms with Crippen LogP contribution in [0.3, 0.4) is 0 Å². The summed E-state index contributed by atoms with van der Waals surface area (Å²) < 4.78 is 10.5. The number of benzene rings is 1. The zero-order valence-corrected chi connectivity index (χ0v) is 10.1. The number of hydrogen-bond acceptors (Lipinski definition) is 4. The quantitative estimate of drug-likeness (QED) is 0.789. The summed E-state index contributed by atoms with van der Waals surface area (Å²) in [5.41, 5.74) is 13.7. The standard InChI is InChI=1S/C12H20N2O2/c1-4-8-5-11(15-2)12(16-3)6-9(8)10(14)7-13/h5-6,10H,4,7,13-14H2,1-3H3. The van der Waals surface area contributed by atoms with Gasteiger partial charge in [-0.2, -0.15) is 0 Å². The molecule has 4 heteroatoms. The monoisotopic (exact) mass is 224 g/mol. The molecule has 0 aliphatic carbocycles. The topological polar surface area (TPSA) is 70.5 Å². The second kappa shape index (κ2) is 5.72. The third-order valence-electron chi connectivity index (χ3n) is 2.68. The second-order valence-electron chi connectivity index (χ2n) is 3.60. The summed E-state index contributed by atoms with van der Waals surface area (Å²) in [6.45, 7) is 2.50. The first kappa shape index (κ1) is 12.8. The van der Waals surface area contributed by atoms with Gasteiger partial charge in [-0.25, -0.2) is 0 Å². The molecule has 16 heavy (non-hydrogen) atoms. The van der Waals surface area contributed by atoms with Gasteiger partial charge in [-0.05, 0) is 29.7 Å². The smallest absolute Gasteiger partial charge is 0.161 e. The Balaban J connectivity index is 3.25. The zero-order chi connectivity index (χ0) is 12.1. The normalized spacial score (nSPS) is 12.3. The summed E-state index contributed by atoms with van der Waals surface area (Å²) >= 11 is 0. The molecule has 0 aliphatic heterocycles. The molecule has 0 amide bonds. The van der Waals surface area contributed by atoms with E-state index in [0.717, 1.165) is 23.3 Å². The van der Waals surface area contributed by atoms with Gasteiger partial charge in [0.15, 0.2) is 11.5 Å². The molecule has 4 nitrogen and oxygen atoms in total. The van der Waals surface area contributed by atoms with Crippen LogP contribution < -0.4 is 20.9 Å². The number of hydrogen-bond donors (Lipinski definition) is 2. The molecule has 1 aromatic rings. The van der Waals surface area contributed by atoms with Gasteiger partial charge in [-0.1, -0.05) is 6.92 Å². The molecule has 90 valence electrons. The minimum absolute atomic E-state index is 0.158. The highest BCUT2D eigenvalue weighted by Gasteiger charge is 2.14. The van der Waals surface area contributed by atoms with Gasteiger partial charge >= 0.3 is 0 Å². The van der Waals surface area contributed by atoms with Crippen molar-refractivity contribution in [3.63, 3.8) is 0 Å². The lowest BCUT2D eigenvalue weighted by atomic mass is 9.98. The van der Waals surface area contributed by atoms with Crippen LogP contribution in [0.2, 0.25) is 0 Å². The summed E-state index contributed by atoms with van der Waals surface area (Å²) in [6.07, 6.45) is 0.892. The van der Waals surface area contributed by atoms with Gasteiger partial charge in [0, 0.05) is 12.6 Å². The minimum Gasteiger partial charge on any atom is -0.493 e. The van der Waals surface area contributed by atoms with Gasteiger partial charge in [0.2, 0.25) is 0 Å². The minimum atomic E-state index is -0.158. The van der Waals surface area contributed by atoms with E-state index in [0.29, 0.717) is 12.3 Å². The highest BCUT2D eigenvalue weighted by atomic mass is 16.5. The molecule has 0 radical (unpaired) electrons. The molecule has 0 saturated carbocycles. The Hall–Kier alpha value is -1.26. The molecule has 0 aromatic heterocycles. The summed E-state index contributed by atoms with van der Waals surface area (Å²) in [5, 5.41) is 0. The van der Waals surface area contributed by atoms with Crippen molar-refractivity contribution >= 4 is 0 Å². The fourth-order valence-corrected chi connectivity index (χ4v) is 1.72. The summed E-state index contributed by atoms with van der Waals surface area (Å²) in [7, 11) is 3.24. The van der Waals surface area contributed by atoms with Gasteiger partial charge in [-0.3, -0.25) is 0 Å². The Labute approximate surface area is 96.5 Å². The van der Waals surface area contributed by atoms with Gasteiger partial charge in [0.25, 0.3) is 0 Å². The second-order valence-corrected chi connectivity index (χ2v) is 3.60. The third kappa shape index (κ3) is 2.46. The lowest BCUT2D eigenvalue weighted by Gasteiger charge is -2.17. The van der Waals surface area contributed by atoms with E-state index >= 15 is 0 Å². The Morgan fingerprint density at radius 1 is 1.19 bits per heavy atom. The van der Waals surface area contributed by atoms with Crippen LogP contribution in [-0.4, -0.2) is 20.8 Å². The van der Waals surface area contributed by atoms with Crippen molar-refractivity contribution in [2.45, 2.75) is 19.4 Å². The van der Waals surface area contributed by atoms with Crippen molar-refractivity contribution in [2.75, 3.05) is 20.8 Å². The number of ether oxygens (including phenoxy) is 2. The molecule has 0 bridgehead atoms. The molecule has 0 aliphatic rings. The van der Waals surface area contributed by atoms with E-state index in [2.05, 4.69) is 6.92 Å². The predicted molar refractivity (Wildman–Crippen MR) is 64.9 cm³/mol. The Morgan fingerprint density at radius 3 is 2.19 bits per heavy atom. The number of rotatable bonds is 5. The van der Waals surface area contributed by atoms with Crippen LogP contribution in [0.4, 0.5) is 0 Å². The molecule has 0 heterocycles. The van der Waals surface area contributed by atoms with E-state index in [1.165, 1.54) is 0 Å². The highest BCUT2D eigenvalue weighted by Crippen LogP contribution is 2.32. The van der Waals surface area contributed by atoms with Gasteiger partial charge in [0.05, 0.1) is 14.2 Å².